The van der Waals surface area contributed by atoms with Crippen molar-refractivity contribution in [2.75, 3.05) is 17.7 Å². The standard InChI is InChI=1S/C19H18ClNO4S/c1-12-9-14(20)7-8-16(12)21-18(23)10-25-19(24)15-5-3-4-6-17(15)26-11-13(2)22/h3-9H,10-11H2,1-2H3,(H,21,23). The molecule has 0 atom stereocenters. The molecule has 0 fully saturated rings. The minimum absolute atomic E-state index is 0.0101. The molecule has 0 aliphatic heterocycles. The number of hydrogen-bond acceptors (Lipinski definition) is 5. The number of carbonyl (C=O) groups excluding carboxylic acids is 3. The number of ketones is 1. The van der Waals surface area contributed by atoms with Gasteiger partial charge in [-0.15, -0.1) is 11.8 Å². The van der Waals surface area contributed by atoms with Gasteiger partial charge in [0.05, 0.1) is 11.3 Å². The van der Waals surface area contributed by atoms with Crippen molar-refractivity contribution in [1.29, 1.82) is 0 Å². The molecular formula is C19H18ClNO4S. The van der Waals surface area contributed by atoms with Gasteiger partial charge in [0.2, 0.25) is 0 Å². The van der Waals surface area contributed by atoms with Crippen molar-refractivity contribution in [3.63, 3.8) is 0 Å². The molecule has 0 spiro atoms. The normalized spacial score (nSPS) is 10.3. The van der Waals surface area contributed by atoms with Crippen molar-refractivity contribution in [2.24, 2.45) is 0 Å². The maximum absolute atomic E-state index is 12.3. The Balaban J connectivity index is 1.96. The van der Waals surface area contributed by atoms with E-state index in [0.717, 1.165) is 5.56 Å². The molecule has 26 heavy (non-hydrogen) atoms. The molecule has 0 bridgehead atoms. The van der Waals surface area contributed by atoms with Gasteiger partial charge >= 0.3 is 5.97 Å². The lowest BCUT2D eigenvalue weighted by Gasteiger charge is -2.10. The lowest BCUT2D eigenvalue weighted by molar-refractivity contribution is -0.119. The van der Waals surface area contributed by atoms with E-state index in [4.69, 9.17) is 16.3 Å². The van der Waals surface area contributed by atoms with Crippen molar-refractivity contribution in [2.45, 2.75) is 18.7 Å². The van der Waals surface area contributed by atoms with Gasteiger partial charge in [-0.3, -0.25) is 9.59 Å². The number of benzene rings is 2. The van der Waals surface area contributed by atoms with Crippen molar-refractivity contribution < 1.29 is 19.1 Å². The molecule has 0 saturated heterocycles. The highest BCUT2D eigenvalue weighted by Crippen LogP contribution is 2.23. The summed E-state index contributed by atoms with van der Waals surface area (Å²) in [5, 5.41) is 3.25. The van der Waals surface area contributed by atoms with Gasteiger partial charge in [0.15, 0.2) is 6.61 Å². The summed E-state index contributed by atoms with van der Waals surface area (Å²) in [6.45, 7) is 2.89. The van der Waals surface area contributed by atoms with E-state index < -0.39 is 18.5 Å². The molecule has 0 heterocycles. The molecule has 7 heteroatoms. The first kappa shape index (κ1) is 20.0. The van der Waals surface area contributed by atoms with E-state index >= 15 is 0 Å². The molecule has 2 rings (SSSR count). The van der Waals surface area contributed by atoms with Gasteiger partial charge in [-0.05, 0) is 49.7 Å². The summed E-state index contributed by atoms with van der Waals surface area (Å²) < 4.78 is 5.10. The first-order valence-electron chi connectivity index (χ1n) is 7.81. The minimum Gasteiger partial charge on any atom is -0.452 e. The average molecular weight is 392 g/mol. The van der Waals surface area contributed by atoms with Gasteiger partial charge in [-0.1, -0.05) is 23.7 Å². The monoisotopic (exact) mass is 391 g/mol. The number of hydrogen-bond donors (Lipinski definition) is 1. The highest BCUT2D eigenvalue weighted by molar-refractivity contribution is 8.00. The number of amides is 1. The van der Waals surface area contributed by atoms with Crippen LogP contribution in [-0.2, 0) is 14.3 Å². The lowest BCUT2D eigenvalue weighted by Crippen LogP contribution is -2.21. The van der Waals surface area contributed by atoms with Gasteiger partial charge in [0.1, 0.15) is 5.78 Å². The Morgan fingerprint density at radius 3 is 2.58 bits per heavy atom. The molecule has 0 radical (unpaired) electrons. The first-order valence-corrected chi connectivity index (χ1v) is 9.17. The highest BCUT2D eigenvalue weighted by atomic mass is 35.5. The van der Waals surface area contributed by atoms with Crippen LogP contribution in [-0.4, -0.2) is 30.0 Å². The zero-order chi connectivity index (χ0) is 19.1. The van der Waals surface area contributed by atoms with E-state index in [1.54, 1.807) is 42.5 Å². The molecule has 5 nitrogen and oxygen atoms in total. The second-order valence-corrected chi connectivity index (χ2v) is 7.02. The Kier molecular flexibility index (Phi) is 7.24. The smallest absolute Gasteiger partial charge is 0.339 e. The van der Waals surface area contributed by atoms with Crippen LogP contribution in [0.5, 0.6) is 0 Å². The SMILES string of the molecule is CC(=O)CSc1ccccc1C(=O)OCC(=O)Nc1ccc(Cl)cc1C. The van der Waals surface area contributed by atoms with E-state index in [9.17, 15) is 14.4 Å². The molecule has 2 aromatic carbocycles. The summed E-state index contributed by atoms with van der Waals surface area (Å²) in [6, 6.07) is 11.9. The number of Topliss-reactive ketones (excluding diaryl/α,β-unsaturated/α-hetero) is 1. The van der Waals surface area contributed by atoms with Crippen LogP contribution >= 0.6 is 23.4 Å². The van der Waals surface area contributed by atoms with Crippen molar-refractivity contribution >= 4 is 46.7 Å². The Morgan fingerprint density at radius 2 is 1.88 bits per heavy atom. The molecule has 0 unspecified atom stereocenters. The fourth-order valence-corrected chi connectivity index (χ4v) is 3.17. The van der Waals surface area contributed by atoms with Gasteiger partial charge in [-0.25, -0.2) is 4.79 Å². The quantitative estimate of drug-likeness (QED) is 0.567. The van der Waals surface area contributed by atoms with Gasteiger partial charge < -0.3 is 10.1 Å². The molecule has 2 aromatic rings. The van der Waals surface area contributed by atoms with Crippen LogP contribution in [0.25, 0.3) is 0 Å². The van der Waals surface area contributed by atoms with Gasteiger partial charge in [0.25, 0.3) is 5.91 Å². The topological polar surface area (TPSA) is 72.5 Å². The summed E-state index contributed by atoms with van der Waals surface area (Å²) in [6.07, 6.45) is 0. The van der Waals surface area contributed by atoms with Crippen molar-refractivity contribution in [3.8, 4) is 0 Å². The highest BCUT2D eigenvalue weighted by Gasteiger charge is 2.15. The summed E-state index contributed by atoms with van der Waals surface area (Å²) in [5.41, 5.74) is 1.74. The maximum atomic E-state index is 12.3. The Hall–Kier alpha value is -2.31. The molecule has 0 aromatic heterocycles. The van der Waals surface area contributed by atoms with Gasteiger partial charge in [-0.2, -0.15) is 0 Å². The fourth-order valence-electron chi connectivity index (χ4n) is 2.10. The number of thioether (sulfide) groups is 1. The first-order chi connectivity index (χ1) is 12.4. The molecular weight excluding hydrogens is 374 g/mol. The molecule has 0 aliphatic rings. The third-order valence-corrected chi connectivity index (χ3v) is 4.79. The van der Waals surface area contributed by atoms with Crippen LogP contribution in [0, 0.1) is 6.92 Å². The molecule has 0 saturated carbocycles. The molecule has 136 valence electrons. The Morgan fingerprint density at radius 1 is 1.15 bits per heavy atom. The second-order valence-electron chi connectivity index (χ2n) is 5.57. The van der Waals surface area contributed by atoms with Crippen molar-refractivity contribution in [1.82, 2.24) is 0 Å². The molecule has 1 amide bonds. The van der Waals surface area contributed by atoms with Crippen LogP contribution in [0.1, 0.15) is 22.8 Å². The largest absolute Gasteiger partial charge is 0.452 e. The third kappa shape index (κ3) is 5.89. The summed E-state index contributed by atoms with van der Waals surface area (Å²) >= 11 is 7.14. The number of halogens is 1. The number of anilines is 1. The van der Waals surface area contributed by atoms with Crippen molar-refractivity contribution in [3.05, 3.63) is 58.6 Å². The summed E-state index contributed by atoms with van der Waals surface area (Å²) in [5.74, 6) is -0.783. The van der Waals surface area contributed by atoms with Crippen LogP contribution in [0.3, 0.4) is 0 Å². The number of rotatable bonds is 7. The fraction of sp³-hybridized carbons (Fsp3) is 0.211. The summed E-state index contributed by atoms with van der Waals surface area (Å²) in [7, 11) is 0. The van der Waals surface area contributed by atoms with Crippen LogP contribution in [0.4, 0.5) is 5.69 Å². The Bertz CT molecular complexity index is 838. The van der Waals surface area contributed by atoms with Crippen LogP contribution in [0.2, 0.25) is 5.02 Å². The average Bonchev–Trinajstić information content (AvgIpc) is 2.60. The van der Waals surface area contributed by atoms with E-state index in [1.807, 2.05) is 6.92 Å². The maximum Gasteiger partial charge on any atom is 0.339 e. The Labute approximate surface area is 161 Å². The molecule has 1 N–H and O–H groups in total. The van der Waals surface area contributed by atoms with E-state index in [1.165, 1.54) is 18.7 Å². The predicted octanol–water partition coefficient (Wildman–Crippen LogP) is 4.13. The third-order valence-electron chi connectivity index (χ3n) is 3.33. The zero-order valence-corrected chi connectivity index (χ0v) is 15.9. The number of carbonyl (C=O) groups is 3. The number of esters is 1. The second kappa shape index (κ2) is 9.40. The number of ether oxygens (including phenoxy) is 1. The van der Waals surface area contributed by atoms with Crippen LogP contribution < -0.4 is 5.32 Å². The minimum atomic E-state index is -0.611. The van der Waals surface area contributed by atoms with E-state index in [-0.39, 0.29) is 11.5 Å². The van der Waals surface area contributed by atoms with Crippen LogP contribution in [0.15, 0.2) is 47.4 Å². The van der Waals surface area contributed by atoms with E-state index in [0.29, 0.717) is 21.2 Å². The lowest BCUT2D eigenvalue weighted by atomic mass is 10.2. The zero-order valence-electron chi connectivity index (χ0n) is 14.4. The van der Waals surface area contributed by atoms with E-state index in [2.05, 4.69) is 5.32 Å². The predicted molar refractivity (Wildman–Crippen MR) is 103 cm³/mol. The number of nitrogens with one attached hydrogen (secondary N) is 1. The number of aryl methyl sites for hydroxylation is 1. The van der Waals surface area contributed by atoms with Gasteiger partial charge in [0, 0.05) is 15.6 Å². The summed E-state index contributed by atoms with van der Waals surface area (Å²) in [4.78, 5) is 36.1. The molecule has 0 aliphatic carbocycles.